The number of ether oxygens (including phenoxy) is 1. The van der Waals surface area contributed by atoms with Gasteiger partial charge in [-0.25, -0.2) is 22.9 Å². The summed E-state index contributed by atoms with van der Waals surface area (Å²) in [5.74, 6) is 0.331. The van der Waals surface area contributed by atoms with Gasteiger partial charge in [0.05, 0.1) is 17.1 Å². The number of hydrogen-bond acceptors (Lipinski definition) is 7. The Hall–Kier alpha value is -2.49. The van der Waals surface area contributed by atoms with Crippen molar-refractivity contribution in [3.05, 3.63) is 53.7 Å². The second-order valence-corrected chi connectivity index (χ2v) is 8.61. The summed E-state index contributed by atoms with van der Waals surface area (Å²) in [6.45, 7) is 5.70. The first-order chi connectivity index (χ1) is 13.9. The van der Waals surface area contributed by atoms with Crippen LogP contribution in [0.4, 0.5) is 5.82 Å². The molecule has 0 radical (unpaired) electrons. The van der Waals surface area contributed by atoms with Gasteiger partial charge in [0.15, 0.2) is 0 Å². The van der Waals surface area contributed by atoms with E-state index in [-0.39, 0.29) is 18.0 Å². The van der Waals surface area contributed by atoms with Crippen LogP contribution in [0.5, 0.6) is 0 Å². The third-order valence-electron chi connectivity index (χ3n) is 4.80. The Morgan fingerprint density at radius 3 is 2.48 bits per heavy atom. The predicted molar refractivity (Wildman–Crippen MR) is 110 cm³/mol. The van der Waals surface area contributed by atoms with Gasteiger partial charge in [0.25, 0.3) is 0 Å². The molecule has 9 heteroatoms. The first-order valence-corrected chi connectivity index (χ1v) is 11.0. The van der Waals surface area contributed by atoms with Gasteiger partial charge in [-0.1, -0.05) is 6.07 Å². The van der Waals surface area contributed by atoms with Gasteiger partial charge in [-0.3, -0.25) is 0 Å². The largest absolute Gasteiger partial charge is 0.462 e. The molecule has 1 aromatic heterocycles. The first-order valence-electron chi connectivity index (χ1n) is 9.55. The molecule has 29 heavy (non-hydrogen) atoms. The van der Waals surface area contributed by atoms with Crippen LogP contribution in [0.25, 0.3) is 0 Å². The molecule has 0 unspecified atom stereocenters. The highest BCUT2D eigenvalue weighted by molar-refractivity contribution is 7.89. The van der Waals surface area contributed by atoms with Crippen molar-refractivity contribution in [3.8, 4) is 0 Å². The smallest absolute Gasteiger partial charge is 0.338 e. The SMILES string of the molecule is CCOC(=O)c1ccc(S(=O)(=O)NCc2cccnc2N2CCN(C)CC2)cc1. The number of carbonyl (C=O) groups excluding carboxylic acids is 1. The summed E-state index contributed by atoms with van der Waals surface area (Å²) in [4.78, 5) is 20.7. The number of benzene rings is 1. The molecular weight excluding hydrogens is 392 g/mol. The van der Waals surface area contributed by atoms with Gasteiger partial charge in [0, 0.05) is 44.5 Å². The monoisotopic (exact) mass is 418 g/mol. The average Bonchev–Trinajstić information content (AvgIpc) is 2.73. The Morgan fingerprint density at radius 1 is 1.14 bits per heavy atom. The molecule has 1 aliphatic heterocycles. The summed E-state index contributed by atoms with van der Waals surface area (Å²) >= 11 is 0. The van der Waals surface area contributed by atoms with E-state index in [0.717, 1.165) is 37.6 Å². The van der Waals surface area contributed by atoms with Crippen molar-refractivity contribution in [1.29, 1.82) is 0 Å². The van der Waals surface area contributed by atoms with Crippen LogP contribution < -0.4 is 9.62 Å². The Kier molecular flexibility index (Phi) is 6.83. The fraction of sp³-hybridized carbons (Fsp3) is 0.400. The van der Waals surface area contributed by atoms with Crippen molar-refractivity contribution in [1.82, 2.24) is 14.6 Å². The molecule has 1 N–H and O–H groups in total. The van der Waals surface area contributed by atoms with E-state index in [1.54, 1.807) is 19.2 Å². The van der Waals surface area contributed by atoms with Crippen LogP contribution in [0.2, 0.25) is 0 Å². The minimum atomic E-state index is -3.73. The minimum Gasteiger partial charge on any atom is -0.462 e. The second kappa shape index (κ2) is 9.34. The van der Waals surface area contributed by atoms with Crippen LogP contribution in [-0.4, -0.2) is 64.1 Å². The maximum absolute atomic E-state index is 12.7. The minimum absolute atomic E-state index is 0.0931. The molecule has 0 spiro atoms. The normalized spacial score (nSPS) is 15.3. The third kappa shape index (κ3) is 5.31. The summed E-state index contributed by atoms with van der Waals surface area (Å²) in [6.07, 6.45) is 1.72. The van der Waals surface area contributed by atoms with Gasteiger partial charge in [-0.05, 0) is 44.3 Å². The highest BCUT2D eigenvalue weighted by Crippen LogP contribution is 2.20. The van der Waals surface area contributed by atoms with Gasteiger partial charge < -0.3 is 14.5 Å². The number of anilines is 1. The number of aromatic nitrogens is 1. The molecule has 1 aromatic carbocycles. The van der Waals surface area contributed by atoms with Gasteiger partial charge in [-0.2, -0.15) is 0 Å². The van der Waals surface area contributed by atoms with Crippen molar-refractivity contribution >= 4 is 21.8 Å². The van der Waals surface area contributed by atoms with E-state index in [1.165, 1.54) is 24.3 Å². The molecule has 156 valence electrons. The molecule has 0 aliphatic carbocycles. The third-order valence-corrected chi connectivity index (χ3v) is 6.22. The average molecular weight is 419 g/mol. The molecule has 3 rings (SSSR count). The first kappa shape index (κ1) is 21.2. The number of rotatable bonds is 7. The van der Waals surface area contributed by atoms with E-state index in [9.17, 15) is 13.2 Å². The topological polar surface area (TPSA) is 91.8 Å². The van der Waals surface area contributed by atoms with Gasteiger partial charge >= 0.3 is 5.97 Å². The summed E-state index contributed by atoms with van der Waals surface area (Å²) < 4.78 is 32.9. The number of piperazine rings is 1. The lowest BCUT2D eigenvalue weighted by Gasteiger charge is -2.34. The summed E-state index contributed by atoms with van der Waals surface area (Å²) in [5.41, 5.74) is 1.14. The maximum Gasteiger partial charge on any atom is 0.338 e. The number of likely N-dealkylation sites (N-methyl/N-ethyl adjacent to an activating group) is 1. The lowest BCUT2D eigenvalue weighted by molar-refractivity contribution is 0.0526. The fourth-order valence-corrected chi connectivity index (χ4v) is 4.12. The lowest BCUT2D eigenvalue weighted by atomic mass is 10.2. The van der Waals surface area contributed by atoms with Crippen molar-refractivity contribution < 1.29 is 17.9 Å². The van der Waals surface area contributed by atoms with Crippen LogP contribution in [0, 0.1) is 0 Å². The molecule has 1 fully saturated rings. The van der Waals surface area contributed by atoms with Crippen LogP contribution in [-0.2, 0) is 21.3 Å². The van der Waals surface area contributed by atoms with E-state index in [0.29, 0.717) is 5.56 Å². The van der Waals surface area contributed by atoms with Gasteiger partial charge in [0.1, 0.15) is 5.82 Å². The van der Waals surface area contributed by atoms with Crippen LogP contribution >= 0.6 is 0 Å². The summed E-state index contributed by atoms with van der Waals surface area (Å²) in [6, 6.07) is 9.39. The molecule has 2 aromatic rings. The zero-order chi connectivity index (χ0) is 20.9. The molecule has 2 heterocycles. The highest BCUT2D eigenvalue weighted by Gasteiger charge is 2.20. The molecule has 1 saturated heterocycles. The Labute approximate surface area is 171 Å². The standard InChI is InChI=1S/C20H26N4O4S/c1-3-28-20(25)16-6-8-18(9-7-16)29(26,27)22-15-17-5-4-10-21-19(17)24-13-11-23(2)12-14-24/h4-10,22H,3,11-15H2,1-2H3. The number of sulfonamides is 1. The molecule has 0 saturated carbocycles. The molecule has 0 bridgehead atoms. The zero-order valence-electron chi connectivity index (χ0n) is 16.7. The Balaban J connectivity index is 1.70. The Bertz CT molecular complexity index is 939. The second-order valence-electron chi connectivity index (χ2n) is 6.85. The molecule has 1 aliphatic rings. The fourth-order valence-electron chi connectivity index (χ4n) is 3.11. The van der Waals surface area contributed by atoms with Crippen molar-refractivity contribution in [3.63, 3.8) is 0 Å². The molecule has 8 nitrogen and oxygen atoms in total. The number of nitrogens with one attached hydrogen (secondary N) is 1. The number of hydrogen-bond donors (Lipinski definition) is 1. The van der Waals surface area contributed by atoms with Crippen LogP contribution in [0.1, 0.15) is 22.8 Å². The van der Waals surface area contributed by atoms with E-state index in [1.807, 2.05) is 6.07 Å². The quantitative estimate of drug-likeness (QED) is 0.681. The summed E-state index contributed by atoms with van der Waals surface area (Å²) in [7, 11) is -1.64. The van der Waals surface area contributed by atoms with Crippen molar-refractivity contribution in [2.24, 2.45) is 0 Å². The molecule has 0 atom stereocenters. The number of pyridine rings is 1. The lowest BCUT2D eigenvalue weighted by Crippen LogP contribution is -2.45. The van der Waals surface area contributed by atoms with Crippen LogP contribution in [0.15, 0.2) is 47.5 Å². The van der Waals surface area contributed by atoms with E-state index in [2.05, 4.69) is 26.6 Å². The number of nitrogens with zero attached hydrogens (tertiary/aromatic N) is 3. The van der Waals surface area contributed by atoms with Gasteiger partial charge in [-0.15, -0.1) is 0 Å². The highest BCUT2D eigenvalue weighted by atomic mass is 32.2. The maximum atomic E-state index is 12.7. The van der Waals surface area contributed by atoms with Crippen molar-refractivity contribution in [2.45, 2.75) is 18.4 Å². The van der Waals surface area contributed by atoms with Gasteiger partial charge in [0.2, 0.25) is 10.0 Å². The van der Waals surface area contributed by atoms with Crippen molar-refractivity contribution in [2.75, 3.05) is 44.7 Å². The number of carbonyl (C=O) groups is 1. The van der Waals surface area contributed by atoms with Crippen LogP contribution in [0.3, 0.4) is 0 Å². The summed E-state index contributed by atoms with van der Waals surface area (Å²) in [5, 5.41) is 0. The van der Waals surface area contributed by atoms with E-state index >= 15 is 0 Å². The van der Waals surface area contributed by atoms with E-state index < -0.39 is 16.0 Å². The molecular formula is C20H26N4O4S. The van der Waals surface area contributed by atoms with E-state index in [4.69, 9.17) is 4.74 Å². The Morgan fingerprint density at radius 2 is 1.83 bits per heavy atom. The zero-order valence-corrected chi connectivity index (χ0v) is 17.5. The molecule has 0 amide bonds. The number of esters is 1. The predicted octanol–water partition coefficient (Wildman–Crippen LogP) is 1.49.